The Balaban J connectivity index is 2.01. The second kappa shape index (κ2) is 7.56. The highest BCUT2D eigenvalue weighted by atomic mass is 79.9. The first-order valence-corrected chi connectivity index (χ1v) is 7.60. The van der Waals surface area contributed by atoms with E-state index in [1.54, 1.807) is 0 Å². The lowest BCUT2D eigenvalue weighted by molar-refractivity contribution is -0.145. The van der Waals surface area contributed by atoms with Gasteiger partial charge in [0.05, 0.1) is 19.6 Å². The molecular formula is C15H18BrNO4. The van der Waals surface area contributed by atoms with Crippen molar-refractivity contribution in [2.24, 2.45) is 5.92 Å². The van der Waals surface area contributed by atoms with Crippen molar-refractivity contribution >= 4 is 27.8 Å². The quantitative estimate of drug-likeness (QED) is 0.816. The van der Waals surface area contributed by atoms with Crippen LogP contribution in [0.1, 0.15) is 12.0 Å². The SMILES string of the molecule is COC(=O)[C@H](Cc1ccc(Br)cc1)NC(=O)[C@H]1CCOC1. The van der Waals surface area contributed by atoms with Crippen LogP contribution in [-0.4, -0.2) is 38.2 Å². The minimum absolute atomic E-state index is 0.153. The maximum Gasteiger partial charge on any atom is 0.328 e. The van der Waals surface area contributed by atoms with Gasteiger partial charge in [0, 0.05) is 17.5 Å². The number of ether oxygens (including phenoxy) is 2. The zero-order valence-electron chi connectivity index (χ0n) is 11.8. The first-order valence-electron chi connectivity index (χ1n) is 6.80. The van der Waals surface area contributed by atoms with Crippen LogP contribution < -0.4 is 5.32 Å². The van der Waals surface area contributed by atoms with Crippen LogP contribution in [-0.2, 0) is 25.5 Å². The summed E-state index contributed by atoms with van der Waals surface area (Å²) in [4.78, 5) is 24.0. The van der Waals surface area contributed by atoms with Gasteiger partial charge in [-0.3, -0.25) is 4.79 Å². The smallest absolute Gasteiger partial charge is 0.328 e. The second-order valence-corrected chi connectivity index (χ2v) is 5.89. The van der Waals surface area contributed by atoms with Crippen LogP contribution in [0.25, 0.3) is 0 Å². The van der Waals surface area contributed by atoms with Crippen molar-refractivity contribution in [1.29, 1.82) is 0 Å². The maximum atomic E-state index is 12.1. The van der Waals surface area contributed by atoms with Gasteiger partial charge in [-0.15, -0.1) is 0 Å². The Hall–Kier alpha value is -1.40. The van der Waals surface area contributed by atoms with Crippen LogP contribution in [0.2, 0.25) is 0 Å². The number of esters is 1. The van der Waals surface area contributed by atoms with E-state index < -0.39 is 12.0 Å². The van der Waals surface area contributed by atoms with Gasteiger partial charge in [-0.1, -0.05) is 28.1 Å². The molecule has 1 aromatic carbocycles. The third-order valence-electron chi connectivity index (χ3n) is 3.46. The van der Waals surface area contributed by atoms with Crippen molar-refractivity contribution in [2.75, 3.05) is 20.3 Å². The molecule has 1 N–H and O–H groups in total. The van der Waals surface area contributed by atoms with E-state index in [-0.39, 0.29) is 11.8 Å². The monoisotopic (exact) mass is 355 g/mol. The van der Waals surface area contributed by atoms with E-state index in [2.05, 4.69) is 21.2 Å². The number of carbonyl (C=O) groups is 2. The predicted molar refractivity (Wildman–Crippen MR) is 80.7 cm³/mol. The van der Waals surface area contributed by atoms with E-state index in [9.17, 15) is 9.59 Å². The lowest BCUT2D eigenvalue weighted by atomic mass is 10.0. The molecule has 21 heavy (non-hydrogen) atoms. The summed E-state index contributed by atoms with van der Waals surface area (Å²) in [6.45, 7) is 1.01. The number of hydrogen-bond acceptors (Lipinski definition) is 4. The van der Waals surface area contributed by atoms with Crippen molar-refractivity contribution in [1.82, 2.24) is 5.32 Å². The first kappa shape index (κ1) is 16.0. The highest BCUT2D eigenvalue weighted by molar-refractivity contribution is 9.10. The van der Waals surface area contributed by atoms with Gasteiger partial charge in [-0.25, -0.2) is 4.79 Å². The number of methoxy groups -OCH3 is 1. The number of hydrogen-bond donors (Lipinski definition) is 1. The molecule has 1 aliphatic rings. The predicted octanol–water partition coefficient (Wildman–Crippen LogP) is 1.69. The Morgan fingerprint density at radius 1 is 1.43 bits per heavy atom. The molecule has 1 amide bonds. The van der Waals surface area contributed by atoms with Crippen molar-refractivity contribution in [3.05, 3.63) is 34.3 Å². The molecule has 114 valence electrons. The number of rotatable bonds is 5. The average molecular weight is 356 g/mol. The molecule has 1 heterocycles. The molecule has 0 saturated carbocycles. The van der Waals surface area contributed by atoms with Gasteiger partial charge in [-0.2, -0.15) is 0 Å². The first-order chi connectivity index (χ1) is 10.1. The fraction of sp³-hybridized carbons (Fsp3) is 0.467. The van der Waals surface area contributed by atoms with E-state index in [1.165, 1.54) is 7.11 Å². The summed E-state index contributed by atoms with van der Waals surface area (Å²) in [6.07, 6.45) is 1.09. The zero-order chi connectivity index (χ0) is 15.2. The molecule has 0 unspecified atom stereocenters. The Morgan fingerprint density at radius 2 is 2.14 bits per heavy atom. The molecule has 1 aromatic rings. The molecule has 0 spiro atoms. The highest BCUT2D eigenvalue weighted by Gasteiger charge is 2.28. The number of benzene rings is 1. The largest absolute Gasteiger partial charge is 0.467 e. The van der Waals surface area contributed by atoms with E-state index >= 15 is 0 Å². The van der Waals surface area contributed by atoms with Crippen molar-refractivity contribution < 1.29 is 19.1 Å². The van der Waals surface area contributed by atoms with Gasteiger partial charge in [0.15, 0.2) is 0 Å². The Kier molecular flexibility index (Phi) is 5.76. The molecular weight excluding hydrogens is 338 g/mol. The van der Waals surface area contributed by atoms with Gasteiger partial charge in [0.1, 0.15) is 6.04 Å². The molecule has 0 aliphatic carbocycles. The van der Waals surface area contributed by atoms with Gasteiger partial charge >= 0.3 is 5.97 Å². The average Bonchev–Trinajstić information content (AvgIpc) is 3.02. The summed E-state index contributed by atoms with van der Waals surface area (Å²) in [5.74, 6) is -0.771. The Labute approximate surface area is 132 Å². The topological polar surface area (TPSA) is 64.6 Å². The Morgan fingerprint density at radius 3 is 2.71 bits per heavy atom. The third kappa shape index (κ3) is 4.54. The summed E-state index contributed by atoms with van der Waals surface area (Å²) in [5.41, 5.74) is 0.955. The molecule has 0 aromatic heterocycles. The van der Waals surface area contributed by atoms with Crippen molar-refractivity contribution in [3.8, 4) is 0 Å². The standard InChI is InChI=1S/C15H18BrNO4/c1-20-15(19)13(8-10-2-4-12(16)5-3-10)17-14(18)11-6-7-21-9-11/h2-5,11,13H,6-9H2,1H3,(H,17,18)/t11-,13-/m0/s1. The summed E-state index contributed by atoms with van der Waals surface area (Å²) < 4.78 is 10.9. The van der Waals surface area contributed by atoms with Crippen molar-refractivity contribution in [2.45, 2.75) is 18.9 Å². The summed E-state index contributed by atoms with van der Waals surface area (Å²) in [6, 6.07) is 6.94. The lowest BCUT2D eigenvalue weighted by Gasteiger charge is -2.18. The molecule has 0 radical (unpaired) electrons. The van der Waals surface area contributed by atoms with Crippen LogP contribution in [0.15, 0.2) is 28.7 Å². The fourth-order valence-electron chi connectivity index (χ4n) is 2.22. The molecule has 5 nitrogen and oxygen atoms in total. The van der Waals surface area contributed by atoms with E-state index in [1.807, 2.05) is 24.3 Å². The van der Waals surface area contributed by atoms with E-state index in [4.69, 9.17) is 9.47 Å². The third-order valence-corrected chi connectivity index (χ3v) is 3.98. The summed E-state index contributed by atoms with van der Waals surface area (Å²) >= 11 is 3.36. The molecule has 1 saturated heterocycles. The molecule has 0 bridgehead atoms. The van der Waals surface area contributed by atoms with Gasteiger partial charge in [-0.05, 0) is 24.1 Å². The van der Waals surface area contributed by atoms with Crippen LogP contribution in [0, 0.1) is 5.92 Å². The van der Waals surface area contributed by atoms with Gasteiger partial charge in [0.2, 0.25) is 5.91 Å². The molecule has 1 aliphatic heterocycles. The lowest BCUT2D eigenvalue weighted by Crippen LogP contribution is -2.45. The number of carbonyl (C=O) groups excluding carboxylic acids is 2. The fourth-order valence-corrected chi connectivity index (χ4v) is 2.49. The molecule has 2 rings (SSSR count). The summed E-state index contributed by atoms with van der Waals surface area (Å²) in [5, 5.41) is 2.77. The number of nitrogens with one attached hydrogen (secondary N) is 1. The number of halogens is 1. The van der Waals surface area contributed by atoms with Crippen LogP contribution >= 0.6 is 15.9 Å². The Bertz CT molecular complexity index is 497. The summed E-state index contributed by atoms with van der Waals surface area (Å²) in [7, 11) is 1.32. The van der Waals surface area contributed by atoms with Gasteiger partial charge < -0.3 is 14.8 Å². The minimum Gasteiger partial charge on any atom is -0.467 e. The minimum atomic E-state index is -0.677. The molecule has 2 atom stereocenters. The highest BCUT2D eigenvalue weighted by Crippen LogP contribution is 2.15. The van der Waals surface area contributed by atoms with E-state index in [0.717, 1.165) is 10.0 Å². The number of amides is 1. The molecule has 1 fully saturated rings. The normalized spacial score (nSPS) is 19.0. The second-order valence-electron chi connectivity index (χ2n) is 4.98. The molecule has 6 heteroatoms. The van der Waals surface area contributed by atoms with Crippen LogP contribution in [0.4, 0.5) is 0 Å². The zero-order valence-corrected chi connectivity index (χ0v) is 13.4. The van der Waals surface area contributed by atoms with Crippen LogP contribution in [0.3, 0.4) is 0 Å². The van der Waals surface area contributed by atoms with Gasteiger partial charge in [0.25, 0.3) is 0 Å². The van der Waals surface area contributed by atoms with Crippen LogP contribution in [0.5, 0.6) is 0 Å². The van der Waals surface area contributed by atoms with Crippen molar-refractivity contribution in [3.63, 3.8) is 0 Å². The maximum absolute atomic E-state index is 12.1. The van der Waals surface area contributed by atoms with E-state index in [0.29, 0.717) is 26.1 Å².